The summed E-state index contributed by atoms with van der Waals surface area (Å²) in [5, 5.41) is 8.63. The Kier molecular flexibility index (Phi) is 7.97. The summed E-state index contributed by atoms with van der Waals surface area (Å²) in [6.45, 7) is 1.86. The standard InChI is InChI=1S/C24H22BrN3O3S/c1-15-12-17(25)14-20(22(15)31-2)23(30)28-24(32)27-19-10-8-18(9-11-19)26-21(29)13-16-6-4-3-5-7-16/h3-12,14H,13H2,1-2H3,(H,26,29)(H2,27,28,30,32). The summed E-state index contributed by atoms with van der Waals surface area (Å²) in [6, 6.07) is 20.1. The Morgan fingerprint density at radius 2 is 1.59 bits per heavy atom. The first kappa shape index (κ1) is 23.4. The van der Waals surface area contributed by atoms with Gasteiger partial charge in [-0.2, -0.15) is 0 Å². The van der Waals surface area contributed by atoms with Gasteiger partial charge in [0.25, 0.3) is 5.91 Å². The van der Waals surface area contributed by atoms with E-state index in [1.165, 1.54) is 7.11 Å². The van der Waals surface area contributed by atoms with Crippen LogP contribution < -0.4 is 20.7 Å². The zero-order valence-electron chi connectivity index (χ0n) is 17.6. The van der Waals surface area contributed by atoms with Crippen LogP contribution in [0.4, 0.5) is 11.4 Å². The van der Waals surface area contributed by atoms with Gasteiger partial charge in [-0.25, -0.2) is 0 Å². The largest absolute Gasteiger partial charge is 0.496 e. The fourth-order valence-corrected chi connectivity index (χ4v) is 3.91. The molecule has 0 aromatic heterocycles. The van der Waals surface area contributed by atoms with Crippen molar-refractivity contribution < 1.29 is 14.3 Å². The van der Waals surface area contributed by atoms with Gasteiger partial charge in [0.2, 0.25) is 5.91 Å². The van der Waals surface area contributed by atoms with Crippen LogP contribution in [-0.2, 0) is 11.2 Å². The van der Waals surface area contributed by atoms with E-state index in [0.717, 1.165) is 15.6 Å². The van der Waals surface area contributed by atoms with E-state index < -0.39 is 0 Å². The Morgan fingerprint density at radius 3 is 2.22 bits per heavy atom. The summed E-state index contributed by atoms with van der Waals surface area (Å²) in [5.74, 6) is 0.00981. The Hall–Kier alpha value is -3.23. The van der Waals surface area contributed by atoms with Crippen LogP contribution in [0.15, 0.2) is 71.2 Å². The second-order valence-corrected chi connectivity index (χ2v) is 8.32. The number of hydrogen-bond donors (Lipinski definition) is 3. The molecule has 32 heavy (non-hydrogen) atoms. The molecule has 0 unspecified atom stereocenters. The third-order valence-electron chi connectivity index (χ3n) is 4.55. The van der Waals surface area contributed by atoms with Crippen LogP contribution >= 0.6 is 28.1 Å². The number of hydrogen-bond acceptors (Lipinski definition) is 4. The molecule has 0 aliphatic carbocycles. The number of anilines is 2. The van der Waals surface area contributed by atoms with Gasteiger partial charge < -0.3 is 15.4 Å². The molecule has 0 radical (unpaired) electrons. The minimum Gasteiger partial charge on any atom is -0.496 e. The molecular weight excluding hydrogens is 490 g/mol. The number of amides is 2. The van der Waals surface area contributed by atoms with Crippen molar-refractivity contribution in [3.8, 4) is 5.75 Å². The quantitative estimate of drug-likeness (QED) is 0.402. The third kappa shape index (κ3) is 6.38. The normalized spacial score (nSPS) is 10.2. The molecule has 6 nitrogen and oxygen atoms in total. The van der Waals surface area contributed by atoms with Gasteiger partial charge in [-0.3, -0.25) is 14.9 Å². The highest BCUT2D eigenvalue weighted by atomic mass is 79.9. The predicted octanol–water partition coefficient (Wildman–Crippen LogP) is 5.07. The van der Waals surface area contributed by atoms with Crippen molar-refractivity contribution in [3.63, 3.8) is 0 Å². The Morgan fingerprint density at radius 1 is 0.969 bits per heavy atom. The maximum atomic E-state index is 12.7. The van der Waals surface area contributed by atoms with Gasteiger partial charge in [0.15, 0.2) is 5.11 Å². The molecule has 0 spiro atoms. The zero-order chi connectivity index (χ0) is 23.1. The first-order valence-electron chi connectivity index (χ1n) is 9.76. The number of carbonyl (C=O) groups excluding carboxylic acids is 2. The second kappa shape index (κ2) is 10.9. The molecule has 3 rings (SSSR count). The lowest BCUT2D eigenvalue weighted by Gasteiger charge is -2.14. The molecule has 3 aromatic carbocycles. The summed E-state index contributed by atoms with van der Waals surface area (Å²) in [6.07, 6.45) is 0.301. The monoisotopic (exact) mass is 511 g/mol. The number of thiocarbonyl (C=S) groups is 1. The van der Waals surface area contributed by atoms with Crippen LogP contribution in [0.3, 0.4) is 0 Å². The van der Waals surface area contributed by atoms with E-state index in [4.69, 9.17) is 17.0 Å². The van der Waals surface area contributed by atoms with Crippen LogP contribution in [0.5, 0.6) is 5.75 Å². The van der Waals surface area contributed by atoms with Crippen LogP contribution in [-0.4, -0.2) is 24.0 Å². The number of rotatable bonds is 6. The van der Waals surface area contributed by atoms with Crippen LogP contribution in [0.2, 0.25) is 0 Å². The molecule has 0 saturated heterocycles. The molecule has 0 atom stereocenters. The van der Waals surface area contributed by atoms with Gasteiger partial charge in [-0.15, -0.1) is 0 Å². The van der Waals surface area contributed by atoms with Gasteiger partial charge >= 0.3 is 0 Å². The molecule has 0 aliphatic heterocycles. The SMILES string of the molecule is COc1c(C)cc(Br)cc1C(=O)NC(=S)Nc1ccc(NC(=O)Cc2ccccc2)cc1. The smallest absolute Gasteiger partial charge is 0.261 e. The minimum atomic E-state index is -0.381. The Labute approximate surface area is 200 Å². The number of halogens is 1. The Balaban J connectivity index is 1.57. The summed E-state index contributed by atoms with van der Waals surface area (Å²) >= 11 is 8.66. The van der Waals surface area contributed by atoms with Crippen molar-refractivity contribution in [2.24, 2.45) is 0 Å². The highest BCUT2D eigenvalue weighted by molar-refractivity contribution is 9.10. The number of nitrogens with one attached hydrogen (secondary N) is 3. The molecule has 0 fully saturated rings. The lowest BCUT2D eigenvalue weighted by molar-refractivity contribution is -0.115. The van der Waals surface area contributed by atoms with Crippen molar-refractivity contribution in [1.82, 2.24) is 5.32 Å². The maximum absolute atomic E-state index is 12.7. The summed E-state index contributed by atoms with van der Waals surface area (Å²) in [7, 11) is 1.52. The lowest BCUT2D eigenvalue weighted by Crippen LogP contribution is -2.34. The Bertz CT molecular complexity index is 1140. The predicted molar refractivity (Wildman–Crippen MR) is 134 cm³/mol. The van der Waals surface area contributed by atoms with Crippen LogP contribution in [0.1, 0.15) is 21.5 Å². The highest BCUT2D eigenvalue weighted by Crippen LogP contribution is 2.27. The topological polar surface area (TPSA) is 79.5 Å². The van der Waals surface area contributed by atoms with Crippen LogP contribution in [0, 0.1) is 6.92 Å². The van der Waals surface area contributed by atoms with Crippen molar-refractivity contribution in [1.29, 1.82) is 0 Å². The lowest BCUT2D eigenvalue weighted by atomic mass is 10.1. The molecule has 8 heteroatoms. The van der Waals surface area contributed by atoms with E-state index >= 15 is 0 Å². The van der Waals surface area contributed by atoms with Gasteiger partial charge in [0, 0.05) is 15.8 Å². The van der Waals surface area contributed by atoms with E-state index in [1.54, 1.807) is 30.3 Å². The van der Waals surface area contributed by atoms with Crippen molar-refractivity contribution >= 4 is 56.4 Å². The molecule has 0 saturated carbocycles. The number of methoxy groups -OCH3 is 1. The van der Waals surface area contributed by atoms with Gasteiger partial charge in [0.1, 0.15) is 5.75 Å². The minimum absolute atomic E-state index is 0.0991. The zero-order valence-corrected chi connectivity index (χ0v) is 20.0. The summed E-state index contributed by atoms with van der Waals surface area (Å²) in [5.41, 5.74) is 3.49. The molecule has 0 aliphatic rings. The summed E-state index contributed by atoms with van der Waals surface area (Å²) in [4.78, 5) is 24.9. The molecule has 164 valence electrons. The first-order valence-corrected chi connectivity index (χ1v) is 11.0. The fourth-order valence-electron chi connectivity index (χ4n) is 3.13. The molecule has 2 amide bonds. The maximum Gasteiger partial charge on any atom is 0.261 e. The van der Waals surface area contributed by atoms with Gasteiger partial charge in [-0.1, -0.05) is 46.3 Å². The van der Waals surface area contributed by atoms with E-state index in [0.29, 0.717) is 29.1 Å². The third-order valence-corrected chi connectivity index (χ3v) is 5.21. The average molecular weight is 512 g/mol. The fraction of sp³-hybridized carbons (Fsp3) is 0.125. The van der Waals surface area contributed by atoms with E-state index in [9.17, 15) is 9.59 Å². The highest BCUT2D eigenvalue weighted by Gasteiger charge is 2.16. The number of ether oxygens (including phenoxy) is 1. The molecule has 3 N–H and O–H groups in total. The number of carbonyl (C=O) groups is 2. The first-order chi connectivity index (χ1) is 15.4. The second-order valence-electron chi connectivity index (χ2n) is 7.00. The number of aryl methyl sites for hydroxylation is 1. The molecule has 0 heterocycles. The van der Waals surface area contributed by atoms with Crippen molar-refractivity contribution in [3.05, 3.63) is 87.9 Å². The van der Waals surface area contributed by atoms with Gasteiger partial charge in [0.05, 0.1) is 19.1 Å². The molecular formula is C24H22BrN3O3S. The van der Waals surface area contributed by atoms with Crippen LogP contribution in [0.25, 0.3) is 0 Å². The van der Waals surface area contributed by atoms with E-state index in [1.807, 2.05) is 43.3 Å². The molecule has 3 aromatic rings. The van der Waals surface area contributed by atoms with Crippen molar-refractivity contribution in [2.45, 2.75) is 13.3 Å². The van der Waals surface area contributed by atoms with E-state index in [-0.39, 0.29) is 16.9 Å². The van der Waals surface area contributed by atoms with Crippen molar-refractivity contribution in [2.75, 3.05) is 17.7 Å². The summed E-state index contributed by atoms with van der Waals surface area (Å²) < 4.78 is 6.12. The average Bonchev–Trinajstić information content (AvgIpc) is 2.75. The van der Waals surface area contributed by atoms with E-state index in [2.05, 4.69) is 31.9 Å². The molecule has 0 bridgehead atoms. The van der Waals surface area contributed by atoms with Gasteiger partial charge in [-0.05, 0) is 66.7 Å². The number of benzene rings is 3.